The molecule has 2 amide bonds. The highest BCUT2D eigenvalue weighted by Gasteiger charge is 2.22. The quantitative estimate of drug-likeness (QED) is 0.799. The van der Waals surface area contributed by atoms with Crippen LogP contribution in [-0.2, 0) is 4.79 Å². The molecule has 0 N–H and O–H groups in total. The molecule has 2 rings (SSSR count). The minimum atomic E-state index is -0.0446. The first-order valence-corrected chi connectivity index (χ1v) is 7.41. The SMILES string of the molecule is C=CC(=O)N1CCC(Oc2cccc(C(=O)N(C)C)c2)CC1. The largest absolute Gasteiger partial charge is 0.490 e. The second-order valence-corrected chi connectivity index (χ2v) is 5.57. The lowest BCUT2D eigenvalue weighted by Crippen LogP contribution is -2.41. The van der Waals surface area contributed by atoms with Gasteiger partial charge in [-0.3, -0.25) is 9.59 Å². The molecule has 1 heterocycles. The van der Waals surface area contributed by atoms with Crippen LogP contribution in [0.4, 0.5) is 0 Å². The van der Waals surface area contributed by atoms with Crippen LogP contribution in [0.2, 0.25) is 0 Å². The predicted octanol–water partition coefficient (Wildman–Crippen LogP) is 1.94. The molecule has 1 aliphatic heterocycles. The fraction of sp³-hybridized carbons (Fsp3) is 0.412. The van der Waals surface area contributed by atoms with E-state index < -0.39 is 0 Å². The first-order chi connectivity index (χ1) is 10.5. The van der Waals surface area contributed by atoms with Gasteiger partial charge in [0.1, 0.15) is 11.9 Å². The van der Waals surface area contributed by atoms with E-state index in [0.29, 0.717) is 24.4 Å². The summed E-state index contributed by atoms with van der Waals surface area (Å²) in [6.07, 6.45) is 2.98. The molecule has 118 valence electrons. The average molecular weight is 302 g/mol. The van der Waals surface area contributed by atoms with Gasteiger partial charge in [-0.15, -0.1) is 0 Å². The molecule has 1 aliphatic rings. The number of amides is 2. The maximum absolute atomic E-state index is 12.0. The normalized spacial score (nSPS) is 15.3. The summed E-state index contributed by atoms with van der Waals surface area (Å²) in [6, 6.07) is 7.22. The molecule has 0 aliphatic carbocycles. The van der Waals surface area contributed by atoms with Gasteiger partial charge in [-0.05, 0) is 24.3 Å². The Labute approximate surface area is 131 Å². The van der Waals surface area contributed by atoms with Gasteiger partial charge in [-0.2, -0.15) is 0 Å². The number of hydrogen-bond acceptors (Lipinski definition) is 3. The lowest BCUT2D eigenvalue weighted by atomic mass is 10.1. The fourth-order valence-corrected chi connectivity index (χ4v) is 2.48. The predicted molar refractivity (Wildman–Crippen MR) is 84.9 cm³/mol. The lowest BCUT2D eigenvalue weighted by Gasteiger charge is -2.31. The molecular formula is C17H22N2O3. The summed E-state index contributed by atoms with van der Waals surface area (Å²) in [4.78, 5) is 26.8. The van der Waals surface area contributed by atoms with Crippen molar-refractivity contribution in [2.75, 3.05) is 27.2 Å². The van der Waals surface area contributed by atoms with Crippen LogP contribution >= 0.6 is 0 Å². The number of benzene rings is 1. The van der Waals surface area contributed by atoms with E-state index in [1.807, 2.05) is 12.1 Å². The highest BCUT2D eigenvalue weighted by molar-refractivity contribution is 5.94. The van der Waals surface area contributed by atoms with E-state index in [2.05, 4.69) is 6.58 Å². The third-order valence-electron chi connectivity index (χ3n) is 3.72. The summed E-state index contributed by atoms with van der Waals surface area (Å²) < 4.78 is 5.95. The third kappa shape index (κ3) is 3.87. The first kappa shape index (κ1) is 16.1. The Morgan fingerprint density at radius 3 is 2.59 bits per heavy atom. The fourth-order valence-electron chi connectivity index (χ4n) is 2.48. The monoisotopic (exact) mass is 302 g/mol. The van der Waals surface area contributed by atoms with Gasteiger partial charge < -0.3 is 14.5 Å². The summed E-state index contributed by atoms with van der Waals surface area (Å²) in [5.41, 5.74) is 0.613. The lowest BCUT2D eigenvalue weighted by molar-refractivity contribution is -0.127. The topological polar surface area (TPSA) is 49.9 Å². The molecule has 5 heteroatoms. The molecule has 0 aromatic heterocycles. The van der Waals surface area contributed by atoms with E-state index in [-0.39, 0.29) is 17.9 Å². The first-order valence-electron chi connectivity index (χ1n) is 7.41. The van der Waals surface area contributed by atoms with Crippen LogP contribution in [0.25, 0.3) is 0 Å². The van der Waals surface area contributed by atoms with Crippen molar-refractivity contribution in [3.63, 3.8) is 0 Å². The molecule has 1 aromatic carbocycles. The van der Waals surface area contributed by atoms with Crippen LogP contribution in [0.15, 0.2) is 36.9 Å². The van der Waals surface area contributed by atoms with Crippen LogP contribution < -0.4 is 4.74 Å². The Bertz CT molecular complexity index is 561. The zero-order valence-electron chi connectivity index (χ0n) is 13.1. The zero-order chi connectivity index (χ0) is 16.1. The van der Waals surface area contributed by atoms with Gasteiger partial charge in [0.2, 0.25) is 5.91 Å². The highest BCUT2D eigenvalue weighted by atomic mass is 16.5. The summed E-state index contributed by atoms with van der Waals surface area (Å²) in [5, 5.41) is 0. The number of hydrogen-bond donors (Lipinski definition) is 0. The van der Waals surface area contributed by atoms with E-state index in [4.69, 9.17) is 4.74 Å². The highest BCUT2D eigenvalue weighted by Crippen LogP contribution is 2.20. The Hall–Kier alpha value is -2.30. The van der Waals surface area contributed by atoms with Crippen molar-refractivity contribution in [3.05, 3.63) is 42.5 Å². The number of nitrogens with zero attached hydrogens (tertiary/aromatic N) is 2. The Morgan fingerprint density at radius 2 is 2.00 bits per heavy atom. The second-order valence-electron chi connectivity index (χ2n) is 5.57. The van der Waals surface area contributed by atoms with Gasteiger partial charge >= 0.3 is 0 Å². The van der Waals surface area contributed by atoms with Crippen molar-refractivity contribution in [1.82, 2.24) is 9.80 Å². The molecule has 0 atom stereocenters. The number of rotatable bonds is 4. The summed E-state index contributed by atoms with van der Waals surface area (Å²) in [6.45, 7) is 4.85. The molecule has 1 saturated heterocycles. The molecule has 0 saturated carbocycles. The van der Waals surface area contributed by atoms with Gasteiger partial charge in [-0.25, -0.2) is 0 Å². The van der Waals surface area contributed by atoms with Gasteiger partial charge in [0.05, 0.1) is 0 Å². The van der Waals surface area contributed by atoms with E-state index in [9.17, 15) is 9.59 Å². The standard InChI is InChI=1S/C17H22N2O3/c1-4-16(20)19-10-8-14(9-11-19)22-15-7-5-6-13(12-15)17(21)18(2)3/h4-7,12,14H,1,8-11H2,2-3H3. The molecule has 22 heavy (non-hydrogen) atoms. The third-order valence-corrected chi connectivity index (χ3v) is 3.72. The molecule has 0 spiro atoms. The number of ether oxygens (including phenoxy) is 1. The molecule has 0 radical (unpaired) electrons. The van der Waals surface area contributed by atoms with Crippen molar-refractivity contribution in [3.8, 4) is 5.75 Å². The molecular weight excluding hydrogens is 280 g/mol. The van der Waals surface area contributed by atoms with Crippen molar-refractivity contribution in [1.29, 1.82) is 0 Å². The maximum Gasteiger partial charge on any atom is 0.253 e. The summed E-state index contributed by atoms with van der Waals surface area (Å²) >= 11 is 0. The maximum atomic E-state index is 12.0. The van der Waals surface area contributed by atoms with Gasteiger partial charge in [0, 0.05) is 45.6 Å². The number of carbonyl (C=O) groups is 2. The number of carbonyl (C=O) groups excluding carboxylic acids is 2. The molecule has 1 aromatic rings. The van der Waals surface area contributed by atoms with Crippen LogP contribution in [0.3, 0.4) is 0 Å². The van der Waals surface area contributed by atoms with E-state index in [1.165, 1.54) is 6.08 Å². The van der Waals surface area contributed by atoms with Crippen molar-refractivity contribution in [2.24, 2.45) is 0 Å². The van der Waals surface area contributed by atoms with Crippen LogP contribution in [0.5, 0.6) is 5.75 Å². The summed E-state index contributed by atoms with van der Waals surface area (Å²) in [7, 11) is 3.45. The average Bonchev–Trinajstić information content (AvgIpc) is 2.54. The van der Waals surface area contributed by atoms with Crippen LogP contribution in [-0.4, -0.2) is 54.9 Å². The van der Waals surface area contributed by atoms with Gasteiger partial charge in [0.15, 0.2) is 0 Å². The minimum Gasteiger partial charge on any atom is -0.490 e. The summed E-state index contributed by atoms with van der Waals surface area (Å²) in [5.74, 6) is 0.620. The van der Waals surface area contributed by atoms with Crippen molar-refractivity contribution in [2.45, 2.75) is 18.9 Å². The van der Waals surface area contributed by atoms with Crippen molar-refractivity contribution >= 4 is 11.8 Å². The molecule has 0 bridgehead atoms. The number of likely N-dealkylation sites (tertiary alicyclic amines) is 1. The van der Waals surface area contributed by atoms with E-state index in [1.54, 1.807) is 36.0 Å². The van der Waals surface area contributed by atoms with E-state index >= 15 is 0 Å². The van der Waals surface area contributed by atoms with Crippen molar-refractivity contribution < 1.29 is 14.3 Å². The zero-order valence-corrected chi connectivity index (χ0v) is 13.1. The minimum absolute atomic E-state index is 0.0305. The molecule has 1 fully saturated rings. The molecule has 0 unspecified atom stereocenters. The van der Waals surface area contributed by atoms with E-state index in [0.717, 1.165) is 12.8 Å². The number of piperidine rings is 1. The smallest absolute Gasteiger partial charge is 0.253 e. The molecule has 5 nitrogen and oxygen atoms in total. The Balaban J connectivity index is 1.95. The second kappa shape index (κ2) is 7.11. The van der Waals surface area contributed by atoms with Gasteiger partial charge in [-0.1, -0.05) is 12.6 Å². The van der Waals surface area contributed by atoms with Gasteiger partial charge in [0.25, 0.3) is 5.91 Å². The van der Waals surface area contributed by atoms with Crippen LogP contribution in [0.1, 0.15) is 23.2 Å². The Morgan fingerprint density at radius 1 is 1.32 bits per heavy atom. The Kier molecular flexibility index (Phi) is 5.20. The van der Waals surface area contributed by atoms with Crippen LogP contribution in [0, 0.1) is 0 Å².